The predicted octanol–water partition coefficient (Wildman–Crippen LogP) is 3.20. The molecule has 0 fully saturated rings. The van der Waals surface area contributed by atoms with Gasteiger partial charge in [-0.15, -0.1) is 0 Å². The quantitative estimate of drug-likeness (QED) is 0.766. The zero-order valence-electron chi connectivity index (χ0n) is 8.85. The normalized spacial score (nSPS) is 13.5. The lowest BCUT2D eigenvalue weighted by atomic mass is 10.0. The summed E-state index contributed by atoms with van der Waals surface area (Å²) in [6, 6.07) is 4.07. The third-order valence-corrected chi connectivity index (χ3v) is 2.83. The van der Waals surface area contributed by atoms with Crippen molar-refractivity contribution in [1.82, 2.24) is 9.97 Å². The van der Waals surface area contributed by atoms with Gasteiger partial charge in [0.15, 0.2) is 0 Å². The summed E-state index contributed by atoms with van der Waals surface area (Å²) in [6.45, 7) is 0. The van der Waals surface area contributed by atoms with Crippen LogP contribution in [0.5, 0.6) is 0 Å². The van der Waals surface area contributed by atoms with Gasteiger partial charge in [-0.2, -0.15) is 0 Å². The maximum absolute atomic E-state index is 4.05. The van der Waals surface area contributed by atoms with E-state index in [2.05, 4.69) is 40.5 Å². The Morgan fingerprint density at radius 1 is 1.12 bits per heavy atom. The second-order valence-corrected chi connectivity index (χ2v) is 3.82. The molecule has 0 aliphatic heterocycles. The number of rotatable bonds is 1. The van der Waals surface area contributed by atoms with E-state index in [0.717, 1.165) is 6.42 Å². The van der Waals surface area contributed by atoms with Crippen molar-refractivity contribution >= 4 is 6.08 Å². The molecule has 0 amide bonds. The highest BCUT2D eigenvalue weighted by Gasteiger charge is 2.10. The van der Waals surface area contributed by atoms with E-state index in [1.807, 2.05) is 24.5 Å². The summed E-state index contributed by atoms with van der Waals surface area (Å²) < 4.78 is 0. The summed E-state index contributed by atoms with van der Waals surface area (Å²) in [4.78, 5) is 7.39. The standard InChI is InChI=1S/C14H12N2/c1-2-4-12-13(10-16-14(12)5-3-1)11-6-8-15-9-7-11/h1-4,6-10,16H,5H2. The van der Waals surface area contributed by atoms with Crippen LogP contribution in [0.15, 0.2) is 49.0 Å². The lowest BCUT2D eigenvalue weighted by Gasteiger charge is -2.00. The number of fused-ring (bicyclic) bond motifs is 1. The van der Waals surface area contributed by atoms with Crippen molar-refractivity contribution < 1.29 is 0 Å². The summed E-state index contributed by atoms with van der Waals surface area (Å²) in [5, 5.41) is 0. The van der Waals surface area contributed by atoms with Crippen molar-refractivity contribution in [3.05, 3.63) is 60.2 Å². The molecule has 78 valence electrons. The fraction of sp³-hybridized carbons (Fsp3) is 0.0714. The second kappa shape index (κ2) is 3.81. The first-order chi connectivity index (χ1) is 7.95. The van der Waals surface area contributed by atoms with Crippen molar-refractivity contribution in [3.63, 3.8) is 0 Å². The van der Waals surface area contributed by atoms with Crippen LogP contribution in [-0.4, -0.2) is 9.97 Å². The van der Waals surface area contributed by atoms with E-state index in [-0.39, 0.29) is 0 Å². The molecule has 2 nitrogen and oxygen atoms in total. The predicted molar refractivity (Wildman–Crippen MR) is 65.9 cm³/mol. The van der Waals surface area contributed by atoms with Gasteiger partial charge in [-0.3, -0.25) is 4.98 Å². The molecule has 1 N–H and O–H groups in total. The van der Waals surface area contributed by atoms with Crippen LogP contribution in [0.25, 0.3) is 17.2 Å². The third-order valence-electron chi connectivity index (χ3n) is 2.83. The summed E-state index contributed by atoms with van der Waals surface area (Å²) in [7, 11) is 0. The Labute approximate surface area is 94.4 Å². The molecule has 0 unspecified atom stereocenters. The SMILES string of the molecule is C1=CCc2[nH]cc(-c3ccncc3)c2C=C1. The van der Waals surface area contributed by atoms with Gasteiger partial charge in [-0.25, -0.2) is 0 Å². The molecule has 1 aliphatic rings. The second-order valence-electron chi connectivity index (χ2n) is 3.82. The Hall–Kier alpha value is -2.09. The number of nitrogens with one attached hydrogen (secondary N) is 1. The van der Waals surface area contributed by atoms with Crippen molar-refractivity contribution in [1.29, 1.82) is 0 Å². The lowest BCUT2D eigenvalue weighted by Crippen LogP contribution is -1.84. The minimum Gasteiger partial charge on any atom is -0.364 e. The van der Waals surface area contributed by atoms with E-state index in [1.54, 1.807) is 0 Å². The molecule has 16 heavy (non-hydrogen) atoms. The topological polar surface area (TPSA) is 28.7 Å². The number of hydrogen-bond donors (Lipinski definition) is 1. The molecule has 0 atom stereocenters. The first-order valence-corrected chi connectivity index (χ1v) is 5.39. The molecule has 0 bridgehead atoms. The van der Waals surface area contributed by atoms with Crippen LogP contribution in [-0.2, 0) is 6.42 Å². The smallest absolute Gasteiger partial charge is 0.0273 e. The Kier molecular flexibility index (Phi) is 2.18. The van der Waals surface area contributed by atoms with Gasteiger partial charge in [0.25, 0.3) is 0 Å². The molecule has 0 radical (unpaired) electrons. The molecule has 2 aromatic heterocycles. The molecular weight excluding hydrogens is 196 g/mol. The van der Waals surface area contributed by atoms with Crippen molar-refractivity contribution in [3.8, 4) is 11.1 Å². The van der Waals surface area contributed by atoms with Crippen LogP contribution < -0.4 is 0 Å². The fourth-order valence-electron chi connectivity index (χ4n) is 2.02. The molecule has 2 heterocycles. The summed E-state index contributed by atoms with van der Waals surface area (Å²) in [5.41, 5.74) is 5.02. The first-order valence-electron chi connectivity index (χ1n) is 5.39. The largest absolute Gasteiger partial charge is 0.364 e. The number of allylic oxidation sites excluding steroid dienone is 3. The first kappa shape index (κ1) is 9.16. The monoisotopic (exact) mass is 208 g/mol. The molecule has 2 heteroatoms. The molecule has 3 rings (SSSR count). The summed E-state index contributed by atoms with van der Waals surface area (Å²) in [6.07, 6.45) is 15.2. The van der Waals surface area contributed by atoms with E-state index in [0.29, 0.717) is 0 Å². The highest BCUT2D eigenvalue weighted by atomic mass is 14.7. The lowest BCUT2D eigenvalue weighted by molar-refractivity contribution is 1.15. The van der Waals surface area contributed by atoms with Gasteiger partial charge >= 0.3 is 0 Å². The Balaban J connectivity index is 2.14. The van der Waals surface area contributed by atoms with E-state index in [4.69, 9.17) is 0 Å². The number of aromatic amines is 1. The minimum atomic E-state index is 0.966. The van der Waals surface area contributed by atoms with Gasteiger partial charge < -0.3 is 4.98 Å². The number of hydrogen-bond acceptors (Lipinski definition) is 1. The van der Waals surface area contributed by atoms with Gasteiger partial charge in [0.05, 0.1) is 0 Å². The maximum Gasteiger partial charge on any atom is 0.0273 e. The zero-order chi connectivity index (χ0) is 10.8. The molecule has 0 saturated heterocycles. The zero-order valence-corrected chi connectivity index (χ0v) is 8.85. The van der Waals surface area contributed by atoms with Gasteiger partial charge in [-0.1, -0.05) is 24.3 Å². The van der Waals surface area contributed by atoms with Gasteiger partial charge in [0, 0.05) is 41.8 Å². The van der Waals surface area contributed by atoms with E-state index >= 15 is 0 Å². The average Bonchev–Trinajstić information content (AvgIpc) is 2.60. The van der Waals surface area contributed by atoms with Crippen LogP contribution >= 0.6 is 0 Å². The number of aromatic nitrogens is 2. The number of nitrogens with zero attached hydrogens (tertiary/aromatic N) is 1. The Morgan fingerprint density at radius 3 is 2.88 bits per heavy atom. The van der Waals surface area contributed by atoms with E-state index in [1.165, 1.54) is 22.4 Å². The molecule has 0 spiro atoms. The molecule has 2 aromatic rings. The van der Waals surface area contributed by atoms with E-state index in [9.17, 15) is 0 Å². The molecule has 1 aliphatic carbocycles. The van der Waals surface area contributed by atoms with Crippen molar-refractivity contribution in [2.75, 3.05) is 0 Å². The Morgan fingerprint density at radius 2 is 2.00 bits per heavy atom. The molecule has 0 saturated carbocycles. The summed E-state index contributed by atoms with van der Waals surface area (Å²) >= 11 is 0. The number of H-pyrrole nitrogens is 1. The van der Waals surface area contributed by atoms with Gasteiger partial charge in [-0.05, 0) is 17.7 Å². The van der Waals surface area contributed by atoms with Crippen LogP contribution in [0, 0.1) is 0 Å². The average molecular weight is 208 g/mol. The van der Waals surface area contributed by atoms with Gasteiger partial charge in [0.2, 0.25) is 0 Å². The highest BCUT2D eigenvalue weighted by molar-refractivity contribution is 5.77. The molecule has 0 aromatic carbocycles. The Bertz CT molecular complexity index is 547. The summed E-state index contributed by atoms with van der Waals surface area (Å²) in [5.74, 6) is 0. The van der Waals surface area contributed by atoms with Crippen molar-refractivity contribution in [2.24, 2.45) is 0 Å². The van der Waals surface area contributed by atoms with Crippen LogP contribution in [0.4, 0.5) is 0 Å². The van der Waals surface area contributed by atoms with Crippen LogP contribution in [0.1, 0.15) is 11.3 Å². The third kappa shape index (κ3) is 1.48. The van der Waals surface area contributed by atoms with E-state index < -0.39 is 0 Å². The van der Waals surface area contributed by atoms with Crippen molar-refractivity contribution in [2.45, 2.75) is 6.42 Å². The minimum absolute atomic E-state index is 0.966. The fourth-order valence-corrected chi connectivity index (χ4v) is 2.02. The molecular formula is C14H12N2. The van der Waals surface area contributed by atoms with Gasteiger partial charge in [0.1, 0.15) is 0 Å². The van der Waals surface area contributed by atoms with Crippen LogP contribution in [0.2, 0.25) is 0 Å². The number of pyridine rings is 1. The van der Waals surface area contributed by atoms with Crippen LogP contribution in [0.3, 0.4) is 0 Å². The highest BCUT2D eigenvalue weighted by Crippen LogP contribution is 2.28. The maximum atomic E-state index is 4.05.